The van der Waals surface area contributed by atoms with E-state index in [-0.39, 0.29) is 49.0 Å². The van der Waals surface area contributed by atoms with E-state index in [9.17, 15) is 0 Å². The molecule has 0 aromatic rings. The summed E-state index contributed by atoms with van der Waals surface area (Å²) < 4.78 is 0. The first-order chi connectivity index (χ1) is 16.1. The van der Waals surface area contributed by atoms with E-state index in [2.05, 4.69) is 71.8 Å². The summed E-state index contributed by atoms with van der Waals surface area (Å²) in [6.45, 7) is 12.3. The second-order valence-corrected chi connectivity index (χ2v) is 18.2. The Hall–Kier alpha value is 1.39. The van der Waals surface area contributed by atoms with Crippen molar-refractivity contribution in [1.82, 2.24) is 9.80 Å². The molecule has 4 atom stereocenters. The normalized spacial score (nSPS) is 24.1. The van der Waals surface area contributed by atoms with Gasteiger partial charge in [0.25, 0.3) is 0 Å². The summed E-state index contributed by atoms with van der Waals surface area (Å²) in [5.41, 5.74) is 1.03. The number of rotatable bonds is 5. The maximum Gasteiger partial charge on any atom is 0.0732 e. The Labute approximate surface area is 265 Å². The Morgan fingerprint density at radius 1 is 0.500 bits per heavy atom. The molecular weight excluding hydrogens is 567 g/mol. The topological polar surface area (TPSA) is 6.48 Å². The minimum absolute atomic E-state index is 0. The second-order valence-electron chi connectivity index (χ2n) is 13.3. The zero-order valence-electron chi connectivity index (χ0n) is 26.0. The van der Waals surface area contributed by atoms with Crippen LogP contribution in [0.3, 0.4) is 0 Å². The predicted molar refractivity (Wildman–Crippen MR) is 174 cm³/mol. The van der Waals surface area contributed by atoms with Crippen molar-refractivity contribution < 1.29 is 34.1 Å². The van der Waals surface area contributed by atoms with Crippen LogP contribution in [-0.4, -0.2) is 75.7 Å². The van der Waals surface area contributed by atoms with E-state index >= 15 is 0 Å². The van der Waals surface area contributed by atoms with Crippen LogP contribution in [0.5, 0.6) is 0 Å². The van der Waals surface area contributed by atoms with E-state index in [1.54, 1.807) is 0 Å². The van der Waals surface area contributed by atoms with Crippen LogP contribution in [0.4, 0.5) is 0 Å². The van der Waals surface area contributed by atoms with Crippen molar-refractivity contribution in [2.24, 2.45) is 11.8 Å². The van der Waals surface area contributed by atoms with Crippen LogP contribution in [0, 0.1) is 11.8 Å². The van der Waals surface area contributed by atoms with Crippen molar-refractivity contribution in [3.05, 3.63) is 0 Å². The molecule has 0 bridgehead atoms. The molecule has 4 saturated carbocycles. The van der Waals surface area contributed by atoms with Gasteiger partial charge in [-0.15, -0.1) is 0 Å². The molecule has 4 aliphatic carbocycles. The van der Waals surface area contributed by atoms with Crippen LogP contribution in [0.25, 0.3) is 0 Å². The summed E-state index contributed by atoms with van der Waals surface area (Å²) >= 11 is 0. The number of hydrogen-bond acceptors (Lipinski definition) is 2. The zero-order valence-corrected chi connectivity index (χ0v) is 29.1. The monoisotopic (exact) mass is 641 g/mol. The number of hydrogen-bond donors (Lipinski definition) is 0. The standard InChI is InChI=1S/C12H27NP.C9H19N.2C5H10.2CH4.2Fe/c1-10(13(2)3)11-8-7-9-12(11)14(4,5)6;1-8(10(2)3)9-6-4-5-7-9;2*1-2-4-5-3-1;;;;/h10-12H,7-9H2,1-6H3;8-9H,4-7H2,1-3H3;2*1-5H2;2*1H4;;/q+1;;;;;;;/t10-,11?,12?;8-;;;;;;/m11....../s1. The summed E-state index contributed by atoms with van der Waals surface area (Å²) in [6, 6.07) is 1.56. The van der Waals surface area contributed by atoms with E-state index < -0.39 is 7.26 Å². The molecule has 2 unspecified atom stereocenters. The van der Waals surface area contributed by atoms with Crippen molar-refractivity contribution in [3.63, 3.8) is 0 Å². The van der Waals surface area contributed by atoms with Gasteiger partial charge in [-0.1, -0.05) is 91.9 Å². The molecule has 0 spiro atoms. The molecule has 4 fully saturated rings. The van der Waals surface area contributed by atoms with E-state index in [0.29, 0.717) is 0 Å². The minimum Gasteiger partial charge on any atom is -0.306 e. The zero-order chi connectivity index (χ0) is 25.6. The quantitative estimate of drug-likeness (QED) is 0.218. The molecule has 4 rings (SSSR count). The molecule has 2 nitrogen and oxygen atoms in total. The molecule has 5 heteroatoms. The van der Waals surface area contributed by atoms with Crippen molar-refractivity contribution >= 4 is 7.26 Å². The molecule has 236 valence electrons. The smallest absolute Gasteiger partial charge is 0.0732 e. The largest absolute Gasteiger partial charge is 0.306 e. The maximum atomic E-state index is 2.51. The summed E-state index contributed by atoms with van der Waals surface area (Å²) in [7, 11) is 8.17. The molecule has 0 aromatic heterocycles. The van der Waals surface area contributed by atoms with Crippen LogP contribution in [-0.2, 0) is 34.1 Å². The van der Waals surface area contributed by atoms with Gasteiger partial charge in [0.05, 0.1) is 5.66 Å². The van der Waals surface area contributed by atoms with Crippen molar-refractivity contribution in [2.75, 3.05) is 48.2 Å². The Morgan fingerprint density at radius 3 is 1.13 bits per heavy atom. The third kappa shape index (κ3) is 19.5. The molecule has 0 aromatic carbocycles. The summed E-state index contributed by atoms with van der Waals surface area (Å²) in [6.07, 6.45) is 25.2. The molecule has 0 amide bonds. The first kappa shape index (κ1) is 46.4. The Morgan fingerprint density at radius 2 is 0.842 bits per heavy atom. The summed E-state index contributed by atoms with van der Waals surface area (Å²) in [4.78, 5) is 4.74. The third-order valence-electron chi connectivity index (χ3n) is 9.36. The van der Waals surface area contributed by atoms with E-state index in [1.807, 2.05) is 0 Å². The fourth-order valence-corrected chi connectivity index (χ4v) is 9.01. The van der Waals surface area contributed by atoms with Gasteiger partial charge < -0.3 is 9.80 Å². The third-order valence-corrected chi connectivity index (χ3v) is 12.0. The fraction of sp³-hybridized carbons (Fsp3) is 1.00. The first-order valence-electron chi connectivity index (χ1n) is 15.2. The SMILES string of the molecule is C.C.C1CCCC1.C1CCCC1.C[C@H](C1CCCC1)N(C)C.C[C@H](C1CCCC1[P+](C)(C)C)N(C)C.[Fe].[Fe]. The van der Waals surface area contributed by atoms with Crippen LogP contribution in [0.2, 0.25) is 0 Å². The van der Waals surface area contributed by atoms with Gasteiger partial charge in [-0.2, -0.15) is 0 Å². The maximum absolute atomic E-state index is 2.51. The Kier molecular flexibility index (Phi) is 31.8. The molecule has 0 aliphatic heterocycles. The van der Waals surface area contributed by atoms with Gasteiger partial charge in [-0.05, 0) is 80.1 Å². The van der Waals surface area contributed by atoms with Crippen LogP contribution >= 0.6 is 7.26 Å². The van der Waals surface area contributed by atoms with E-state index in [1.165, 1.54) is 109 Å². The molecule has 0 heterocycles. The first-order valence-corrected chi connectivity index (χ1v) is 18.4. The number of nitrogens with zero attached hydrogens (tertiary/aromatic N) is 2. The fourth-order valence-electron chi connectivity index (χ4n) is 6.51. The minimum atomic E-state index is -0.640. The van der Waals surface area contributed by atoms with Gasteiger partial charge in [0.1, 0.15) is 0 Å². The molecule has 0 radical (unpaired) electrons. The Bertz CT molecular complexity index is 457. The van der Waals surface area contributed by atoms with Gasteiger partial charge in [0.15, 0.2) is 0 Å². The van der Waals surface area contributed by atoms with Gasteiger partial charge in [0, 0.05) is 79.4 Å². The van der Waals surface area contributed by atoms with E-state index in [4.69, 9.17) is 0 Å². The molecule has 4 aliphatic rings. The van der Waals surface area contributed by atoms with Crippen LogP contribution in [0.15, 0.2) is 0 Å². The Balaban J connectivity index is -0.000000211. The van der Waals surface area contributed by atoms with Gasteiger partial charge in [-0.3, -0.25) is 0 Å². The van der Waals surface area contributed by atoms with Gasteiger partial charge in [0.2, 0.25) is 0 Å². The molecule has 38 heavy (non-hydrogen) atoms. The molecular formula is C33H74Fe2N2P+. The second kappa shape index (κ2) is 26.0. The van der Waals surface area contributed by atoms with Gasteiger partial charge in [-0.25, -0.2) is 0 Å². The van der Waals surface area contributed by atoms with Gasteiger partial charge >= 0.3 is 0 Å². The van der Waals surface area contributed by atoms with Crippen molar-refractivity contribution in [1.29, 1.82) is 0 Å². The van der Waals surface area contributed by atoms with E-state index in [0.717, 1.165) is 29.6 Å². The molecule has 0 N–H and O–H groups in total. The summed E-state index contributed by atoms with van der Waals surface area (Å²) in [5.74, 6) is 1.94. The average Bonchev–Trinajstić information content (AvgIpc) is 3.63. The molecule has 0 saturated heterocycles. The average molecular weight is 642 g/mol. The predicted octanol–water partition coefficient (Wildman–Crippen LogP) is 10.3. The van der Waals surface area contributed by atoms with Crippen LogP contribution < -0.4 is 0 Å². The summed E-state index contributed by atoms with van der Waals surface area (Å²) in [5, 5.41) is 0. The van der Waals surface area contributed by atoms with Crippen LogP contribution in [0.1, 0.15) is 138 Å². The van der Waals surface area contributed by atoms with Crippen molar-refractivity contribution in [3.8, 4) is 0 Å². The van der Waals surface area contributed by atoms with Crippen molar-refractivity contribution in [2.45, 2.75) is 156 Å².